The van der Waals surface area contributed by atoms with Crippen LogP contribution in [0.2, 0.25) is 0 Å². The molecular weight excluding hydrogens is 156 g/mol. The molecule has 0 saturated heterocycles. The molecule has 1 fully saturated rings. The minimum Gasteiger partial charge on any atom is -0.424 e. The summed E-state index contributed by atoms with van der Waals surface area (Å²) in [6, 6.07) is 0. The maximum atomic E-state index is 7.36. The van der Waals surface area contributed by atoms with Crippen molar-refractivity contribution in [2.45, 2.75) is 25.2 Å². The number of aryl methyl sites for hydroxylation is 1. The lowest BCUT2D eigenvalue weighted by molar-refractivity contribution is 0.451. The van der Waals surface area contributed by atoms with Crippen molar-refractivity contribution in [1.29, 1.82) is 5.41 Å². The van der Waals surface area contributed by atoms with E-state index >= 15 is 0 Å². The lowest BCUT2D eigenvalue weighted by Gasteiger charge is -2.05. The summed E-state index contributed by atoms with van der Waals surface area (Å²) in [7, 11) is 0. The van der Waals surface area contributed by atoms with Crippen LogP contribution in [0.5, 0.6) is 0 Å². The Kier molecular flexibility index (Phi) is 1.25. The molecule has 0 amide bonds. The Morgan fingerprint density at radius 1 is 1.58 bits per heavy atom. The summed E-state index contributed by atoms with van der Waals surface area (Å²) in [4.78, 5) is 0. The third-order valence-electron chi connectivity index (χ3n) is 2.20. The molecule has 1 aromatic heterocycles. The van der Waals surface area contributed by atoms with E-state index in [0.29, 0.717) is 11.8 Å². The summed E-state index contributed by atoms with van der Waals surface area (Å²) >= 11 is 0. The zero-order valence-corrected chi connectivity index (χ0v) is 6.79. The predicted molar refractivity (Wildman–Crippen MR) is 41.9 cm³/mol. The lowest BCUT2D eigenvalue weighted by atomic mass is 10.1. The van der Waals surface area contributed by atoms with Gasteiger partial charge in [-0.2, -0.15) is 0 Å². The van der Waals surface area contributed by atoms with Gasteiger partial charge in [-0.05, 0) is 12.8 Å². The number of aromatic nitrogens is 2. The van der Waals surface area contributed by atoms with Crippen molar-refractivity contribution in [3.05, 3.63) is 11.8 Å². The van der Waals surface area contributed by atoms with Gasteiger partial charge in [0.25, 0.3) is 0 Å². The predicted octanol–water partition coefficient (Wildman–Crippen LogP) is 0.346. The average Bonchev–Trinajstić information content (AvgIpc) is 2.71. The molecule has 1 aromatic rings. The van der Waals surface area contributed by atoms with E-state index < -0.39 is 5.41 Å². The van der Waals surface area contributed by atoms with Crippen molar-refractivity contribution in [1.82, 2.24) is 10.2 Å². The first-order chi connectivity index (χ1) is 5.65. The van der Waals surface area contributed by atoms with Gasteiger partial charge in [-0.15, -0.1) is 10.2 Å². The fraction of sp³-hybridized carbons (Fsp3) is 0.571. The molecule has 5 nitrogen and oxygen atoms in total. The van der Waals surface area contributed by atoms with E-state index in [2.05, 4.69) is 10.2 Å². The van der Waals surface area contributed by atoms with Gasteiger partial charge in [0.2, 0.25) is 11.8 Å². The lowest BCUT2D eigenvalue weighted by Crippen LogP contribution is -2.27. The molecule has 64 valence electrons. The monoisotopic (exact) mass is 166 g/mol. The van der Waals surface area contributed by atoms with Gasteiger partial charge in [-0.25, -0.2) is 0 Å². The van der Waals surface area contributed by atoms with Gasteiger partial charge < -0.3 is 10.2 Å². The van der Waals surface area contributed by atoms with E-state index in [9.17, 15) is 0 Å². The molecule has 0 aliphatic heterocycles. The second-order valence-corrected chi connectivity index (χ2v) is 3.12. The highest BCUT2D eigenvalue weighted by atomic mass is 16.4. The van der Waals surface area contributed by atoms with Crippen LogP contribution < -0.4 is 5.73 Å². The molecule has 1 heterocycles. The Hall–Kier alpha value is -1.39. The molecule has 0 bridgehead atoms. The maximum absolute atomic E-state index is 7.36. The summed E-state index contributed by atoms with van der Waals surface area (Å²) < 4.78 is 5.23. The van der Waals surface area contributed by atoms with E-state index in [1.54, 1.807) is 6.92 Å². The maximum Gasteiger partial charge on any atom is 0.230 e. The number of nitrogens with one attached hydrogen (secondary N) is 1. The number of nitrogens with two attached hydrogens (primary N) is 1. The second kappa shape index (κ2) is 2.06. The molecule has 1 aliphatic rings. The number of hydrogen-bond donors (Lipinski definition) is 2. The van der Waals surface area contributed by atoms with Gasteiger partial charge in [-0.3, -0.25) is 5.41 Å². The van der Waals surface area contributed by atoms with E-state index in [4.69, 9.17) is 15.6 Å². The third kappa shape index (κ3) is 0.823. The zero-order valence-electron chi connectivity index (χ0n) is 6.79. The fourth-order valence-electron chi connectivity index (χ4n) is 1.21. The Bertz CT molecular complexity index is 326. The summed E-state index contributed by atoms with van der Waals surface area (Å²) in [6.45, 7) is 1.73. The third-order valence-corrected chi connectivity index (χ3v) is 2.20. The van der Waals surface area contributed by atoms with Crippen LogP contribution in [0, 0.1) is 12.3 Å². The normalized spacial score (nSPS) is 19.1. The van der Waals surface area contributed by atoms with Crippen molar-refractivity contribution in [2.24, 2.45) is 5.73 Å². The molecular formula is C7H10N4O. The van der Waals surface area contributed by atoms with Gasteiger partial charge >= 0.3 is 0 Å². The number of nitrogens with zero attached hydrogens (tertiary/aromatic N) is 2. The largest absolute Gasteiger partial charge is 0.424 e. The van der Waals surface area contributed by atoms with Crippen molar-refractivity contribution in [3.8, 4) is 0 Å². The zero-order chi connectivity index (χ0) is 8.77. The molecule has 0 radical (unpaired) electrons. The number of hydrogen-bond acceptors (Lipinski definition) is 4. The highest BCUT2D eigenvalue weighted by Gasteiger charge is 2.52. The highest BCUT2D eigenvalue weighted by Crippen LogP contribution is 2.47. The van der Waals surface area contributed by atoms with Crippen LogP contribution in [0.15, 0.2) is 4.42 Å². The molecule has 5 heteroatoms. The van der Waals surface area contributed by atoms with E-state index in [-0.39, 0.29) is 5.84 Å². The summed E-state index contributed by atoms with van der Waals surface area (Å²) in [6.07, 6.45) is 1.70. The molecule has 0 unspecified atom stereocenters. The number of amidine groups is 1. The van der Waals surface area contributed by atoms with Crippen LogP contribution >= 0.6 is 0 Å². The van der Waals surface area contributed by atoms with Gasteiger partial charge in [0.05, 0.1) is 0 Å². The van der Waals surface area contributed by atoms with Crippen molar-refractivity contribution in [3.63, 3.8) is 0 Å². The van der Waals surface area contributed by atoms with Crippen LogP contribution in [0.25, 0.3) is 0 Å². The van der Waals surface area contributed by atoms with Gasteiger partial charge in [0.15, 0.2) is 0 Å². The van der Waals surface area contributed by atoms with E-state index in [0.717, 1.165) is 12.8 Å². The Labute approximate surface area is 69.5 Å². The quantitative estimate of drug-likeness (QED) is 0.490. The molecule has 1 saturated carbocycles. The molecule has 3 N–H and O–H groups in total. The first kappa shape index (κ1) is 7.27. The van der Waals surface area contributed by atoms with E-state index in [1.807, 2.05) is 0 Å². The van der Waals surface area contributed by atoms with Crippen LogP contribution in [-0.2, 0) is 5.41 Å². The Balaban J connectivity index is 2.36. The first-order valence-electron chi connectivity index (χ1n) is 3.80. The fourth-order valence-corrected chi connectivity index (χ4v) is 1.21. The smallest absolute Gasteiger partial charge is 0.230 e. The molecule has 12 heavy (non-hydrogen) atoms. The van der Waals surface area contributed by atoms with Gasteiger partial charge in [-0.1, -0.05) is 0 Å². The standard InChI is InChI=1S/C7H10N4O/c1-4-10-11-6(12-4)7(2-3-7)5(8)9/h2-3H2,1H3,(H3,8,9). The molecule has 1 aliphatic carbocycles. The van der Waals surface area contributed by atoms with Crippen LogP contribution in [0.4, 0.5) is 0 Å². The van der Waals surface area contributed by atoms with Crippen molar-refractivity contribution in [2.75, 3.05) is 0 Å². The topological polar surface area (TPSA) is 88.8 Å². The molecule has 0 atom stereocenters. The summed E-state index contributed by atoms with van der Waals surface area (Å²) in [5.41, 5.74) is 5.01. The highest BCUT2D eigenvalue weighted by molar-refractivity contribution is 5.90. The van der Waals surface area contributed by atoms with Crippen LogP contribution in [0.1, 0.15) is 24.6 Å². The number of rotatable bonds is 2. The summed E-state index contributed by atoms with van der Waals surface area (Å²) in [5.74, 6) is 1.15. The van der Waals surface area contributed by atoms with Crippen molar-refractivity contribution < 1.29 is 4.42 Å². The molecule has 0 spiro atoms. The molecule has 2 rings (SSSR count). The van der Waals surface area contributed by atoms with Gasteiger partial charge in [0.1, 0.15) is 11.3 Å². The van der Waals surface area contributed by atoms with Gasteiger partial charge in [0, 0.05) is 6.92 Å². The Morgan fingerprint density at radius 3 is 2.58 bits per heavy atom. The van der Waals surface area contributed by atoms with Crippen LogP contribution in [0.3, 0.4) is 0 Å². The second-order valence-electron chi connectivity index (χ2n) is 3.12. The minimum absolute atomic E-state index is 0.131. The minimum atomic E-state index is -0.415. The average molecular weight is 166 g/mol. The van der Waals surface area contributed by atoms with Crippen LogP contribution in [-0.4, -0.2) is 16.0 Å². The van der Waals surface area contributed by atoms with Crippen molar-refractivity contribution >= 4 is 5.84 Å². The first-order valence-corrected chi connectivity index (χ1v) is 3.80. The Morgan fingerprint density at radius 2 is 2.25 bits per heavy atom. The van der Waals surface area contributed by atoms with E-state index in [1.165, 1.54) is 0 Å². The SMILES string of the molecule is Cc1nnc(C2(C(=N)N)CC2)o1. The molecule has 0 aromatic carbocycles. The summed E-state index contributed by atoms with van der Waals surface area (Å²) in [5, 5.41) is 14.9.